The molecule has 0 atom stereocenters. The molecule has 0 spiro atoms. The molecule has 1 aliphatic heterocycles. The summed E-state index contributed by atoms with van der Waals surface area (Å²) in [6, 6.07) is 0. The van der Waals surface area contributed by atoms with Crippen molar-refractivity contribution in [2.45, 2.75) is 32.1 Å². The van der Waals surface area contributed by atoms with E-state index in [0.29, 0.717) is 23.7 Å². The SMILES string of the molecule is CCCn1cnc2c(oc3nc(OC)c4c(c32)CCSC4)c1=O. The van der Waals surface area contributed by atoms with Crippen molar-refractivity contribution in [3.05, 3.63) is 27.8 Å². The van der Waals surface area contributed by atoms with Gasteiger partial charge in [0.1, 0.15) is 5.52 Å². The van der Waals surface area contributed by atoms with E-state index in [1.54, 1.807) is 18.0 Å². The van der Waals surface area contributed by atoms with Gasteiger partial charge in [0.15, 0.2) is 0 Å². The lowest BCUT2D eigenvalue weighted by atomic mass is 10.0. The molecule has 0 aromatic carbocycles. The van der Waals surface area contributed by atoms with Crippen molar-refractivity contribution < 1.29 is 9.15 Å². The molecule has 3 aromatic rings. The topological polar surface area (TPSA) is 70.2 Å². The standard InChI is InChI=1S/C16H17N3O3S/c1-3-5-19-8-17-12-11-9-4-6-23-7-10(9)14(21-2)18-15(11)22-13(12)16(19)20/h8H,3-7H2,1-2H3. The second-order valence-electron chi connectivity index (χ2n) is 5.58. The van der Waals surface area contributed by atoms with E-state index in [1.165, 1.54) is 0 Å². The Balaban J connectivity index is 2.09. The zero-order valence-electron chi connectivity index (χ0n) is 13.1. The molecule has 120 valence electrons. The summed E-state index contributed by atoms with van der Waals surface area (Å²) in [5, 5.41) is 0.872. The highest BCUT2D eigenvalue weighted by atomic mass is 32.2. The minimum atomic E-state index is -0.146. The molecule has 23 heavy (non-hydrogen) atoms. The Kier molecular flexibility index (Phi) is 3.52. The number of hydrogen-bond donors (Lipinski definition) is 0. The van der Waals surface area contributed by atoms with E-state index in [1.807, 2.05) is 18.7 Å². The molecule has 0 aliphatic carbocycles. The zero-order chi connectivity index (χ0) is 16.0. The molecule has 7 heteroatoms. The summed E-state index contributed by atoms with van der Waals surface area (Å²) in [6.45, 7) is 2.65. The predicted octanol–water partition coefficient (Wildman–Crippen LogP) is 2.75. The molecular weight excluding hydrogens is 314 g/mol. The van der Waals surface area contributed by atoms with Crippen LogP contribution in [0.15, 0.2) is 15.5 Å². The lowest BCUT2D eigenvalue weighted by Crippen LogP contribution is -2.19. The van der Waals surface area contributed by atoms with Crippen LogP contribution in [0.1, 0.15) is 24.5 Å². The Bertz CT molecular complexity index is 961. The summed E-state index contributed by atoms with van der Waals surface area (Å²) in [5.74, 6) is 2.49. The molecule has 0 saturated carbocycles. The number of aromatic nitrogens is 3. The summed E-state index contributed by atoms with van der Waals surface area (Å²) < 4.78 is 12.8. The van der Waals surface area contributed by atoms with Gasteiger partial charge in [-0.1, -0.05) is 6.92 Å². The lowest BCUT2D eigenvalue weighted by molar-refractivity contribution is 0.393. The van der Waals surface area contributed by atoms with Gasteiger partial charge in [0, 0.05) is 17.9 Å². The molecule has 6 nitrogen and oxygen atoms in total. The number of furan rings is 1. The lowest BCUT2D eigenvalue weighted by Gasteiger charge is -2.17. The normalized spacial score (nSPS) is 14.3. The quantitative estimate of drug-likeness (QED) is 0.735. The van der Waals surface area contributed by atoms with Crippen molar-refractivity contribution in [1.29, 1.82) is 0 Å². The Hall–Kier alpha value is -2.02. The Morgan fingerprint density at radius 1 is 1.43 bits per heavy atom. The van der Waals surface area contributed by atoms with Gasteiger partial charge in [0.2, 0.25) is 17.2 Å². The molecule has 0 N–H and O–H groups in total. The summed E-state index contributed by atoms with van der Waals surface area (Å²) in [4.78, 5) is 21.5. The van der Waals surface area contributed by atoms with Gasteiger partial charge in [-0.05, 0) is 24.2 Å². The average Bonchev–Trinajstić information content (AvgIpc) is 2.96. The van der Waals surface area contributed by atoms with Crippen LogP contribution in [0, 0.1) is 0 Å². The van der Waals surface area contributed by atoms with Crippen molar-refractivity contribution >= 4 is 34.0 Å². The number of nitrogens with zero attached hydrogens (tertiary/aromatic N) is 3. The monoisotopic (exact) mass is 331 g/mol. The summed E-state index contributed by atoms with van der Waals surface area (Å²) in [7, 11) is 1.61. The van der Waals surface area contributed by atoms with E-state index >= 15 is 0 Å². The number of thioether (sulfide) groups is 1. The molecule has 0 bridgehead atoms. The van der Waals surface area contributed by atoms with E-state index < -0.39 is 0 Å². The molecule has 4 rings (SSSR count). The molecule has 4 heterocycles. The first-order valence-corrected chi connectivity index (χ1v) is 8.85. The fraction of sp³-hybridized carbons (Fsp3) is 0.438. The molecule has 0 unspecified atom stereocenters. The maximum absolute atomic E-state index is 12.6. The van der Waals surface area contributed by atoms with Crippen LogP contribution in [0.3, 0.4) is 0 Å². The number of fused-ring (bicyclic) bond motifs is 5. The van der Waals surface area contributed by atoms with E-state index in [0.717, 1.165) is 40.9 Å². The number of pyridine rings is 1. The summed E-state index contributed by atoms with van der Waals surface area (Å²) in [5.41, 5.74) is 3.46. The van der Waals surface area contributed by atoms with E-state index in [-0.39, 0.29) is 11.1 Å². The molecule has 0 radical (unpaired) electrons. The maximum atomic E-state index is 12.6. The van der Waals surface area contributed by atoms with Crippen LogP contribution in [0.5, 0.6) is 5.88 Å². The van der Waals surface area contributed by atoms with Crippen LogP contribution in [-0.2, 0) is 18.7 Å². The van der Waals surface area contributed by atoms with Gasteiger partial charge in [-0.15, -0.1) is 0 Å². The van der Waals surface area contributed by atoms with Crippen molar-refractivity contribution in [2.75, 3.05) is 12.9 Å². The fourth-order valence-electron chi connectivity index (χ4n) is 3.12. The number of methoxy groups -OCH3 is 1. The summed E-state index contributed by atoms with van der Waals surface area (Å²) >= 11 is 1.86. The number of hydrogen-bond acceptors (Lipinski definition) is 6. The highest BCUT2D eigenvalue weighted by Gasteiger charge is 2.25. The van der Waals surface area contributed by atoms with Crippen LogP contribution in [-0.4, -0.2) is 27.4 Å². The van der Waals surface area contributed by atoms with Crippen molar-refractivity contribution in [3.8, 4) is 5.88 Å². The Morgan fingerprint density at radius 2 is 2.30 bits per heavy atom. The van der Waals surface area contributed by atoms with Crippen LogP contribution in [0.2, 0.25) is 0 Å². The molecule has 0 amide bonds. The minimum absolute atomic E-state index is 0.146. The van der Waals surface area contributed by atoms with Crippen LogP contribution < -0.4 is 10.3 Å². The van der Waals surface area contributed by atoms with Crippen molar-refractivity contribution in [2.24, 2.45) is 0 Å². The fourth-order valence-corrected chi connectivity index (χ4v) is 4.12. The average molecular weight is 331 g/mol. The van der Waals surface area contributed by atoms with Gasteiger partial charge < -0.3 is 9.15 Å². The minimum Gasteiger partial charge on any atom is -0.481 e. The van der Waals surface area contributed by atoms with Gasteiger partial charge in [-0.3, -0.25) is 9.36 Å². The smallest absolute Gasteiger partial charge is 0.297 e. The third-order valence-electron chi connectivity index (χ3n) is 4.17. The van der Waals surface area contributed by atoms with E-state index in [9.17, 15) is 4.79 Å². The van der Waals surface area contributed by atoms with Gasteiger partial charge in [0.05, 0.1) is 18.8 Å². The van der Waals surface area contributed by atoms with E-state index in [4.69, 9.17) is 9.15 Å². The van der Waals surface area contributed by atoms with Crippen LogP contribution in [0.25, 0.3) is 22.2 Å². The highest BCUT2D eigenvalue weighted by molar-refractivity contribution is 7.98. The molecule has 0 saturated heterocycles. The van der Waals surface area contributed by atoms with Gasteiger partial charge in [-0.25, -0.2) is 4.98 Å². The van der Waals surface area contributed by atoms with Crippen molar-refractivity contribution in [1.82, 2.24) is 14.5 Å². The first kappa shape index (κ1) is 14.6. The highest BCUT2D eigenvalue weighted by Crippen LogP contribution is 2.38. The third kappa shape index (κ3) is 2.14. The van der Waals surface area contributed by atoms with Crippen LogP contribution in [0.4, 0.5) is 0 Å². The predicted molar refractivity (Wildman–Crippen MR) is 90.3 cm³/mol. The zero-order valence-corrected chi connectivity index (χ0v) is 13.9. The van der Waals surface area contributed by atoms with Gasteiger partial charge in [0.25, 0.3) is 5.56 Å². The summed E-state index contributed by atoms with van der Waals surface area (Å²) in [6.07, 6.45) is 3.38. The maximum Gasteiger partial charge on any atom is 0.297 e. The first-order chi connectivity index (χ1) is 11.2. The molecule has 1 aliphatic rings. The van der Waals surface area contributed by atoms with Gasteiger partial charge >= 0.3 is 0 Å². The molecular formula is C16H17N3O3S. The molecule has 3 aromatic heterocycles. The second-order valence-corrected chi connectivity index (χ2v) is 6.69. The van der Waals surface area contributed by atoms with Crippen LogP contribution >= 0.6 is 11.8 Å². The van der Waals surface area contributed by atoms with Gasteiger partial charge in [-0.2, -0.15) is 16.7 Å². The van der Waals surface area contributed by atoms with E-state index in [2.05, 4.69) is 9.97 Å². The first-order valence-electron chi connectivity index (χ1n) is 7.69. The van der Waals surface area contributed by atoms with Crippen molar-refractivity contribution in [3.63, 3.8) is 0 Å². The second kappa shape index (κ2) is 5.56. The largest absolute Gasteiger partial charge is 0.481 e. The number of rotatable bonds is 3. The Morgan fingerprint density at radius 3 is 3.09 bits per heavy atom. The number of ether oxygens (including phenoxy) is 1. The third-order valence-corrected chi connectivity index (χ3v) is 5.16. The Labute approximate surface area is 136 Å². The number of aryl methyl sites for hydroxylation is 2. The molecule has 0 fully saturated rings.